The summed E-state index contributed by atoms with van der Waals surface area (Å²) in [5.74, 6) is -0.694. The molecule has 0 fully saturated rings. The minimum Gasteiger partial charge on any atom is -0.351 e. The van der Waals surface area contributed by atoms with Crippen molar-refractivity contribution >= 4 is 33.2 Å². The van der Waals surface area contributed by atoms with E-state index in [4.69, 9.17) is 0 Å². The van der Waals surface area contributed by atoms with E-state index in [0.29, 0.717) is 11.3 Å². The zero-order valence-electron chi connectivity index (χ0n) is 14.8. The average molecular weight is 406 g/mol. The molecule has 0 atom stereocenters. The van der Waals surface area contributed by atoms with Crippen LogP contribution in [0.5, 0.6) is 0 Å². The summed E-state index contributed by atoms with van der Waals surface area (Å²) in [5, 5.41) is 15.7. The summed E-state index contributed by atoms with van der Waals surface area (Å²) >= 11 is 0. The van der Waals surface area contributed by atoms with E-state index in [1.54, 1.807) is 18.2 Å². The van der Waals surface area contributed by atoms with Gasteiger partial charge in [-0.25, -0.2) is 13.1 Å². The van der Waals surface area contributed by atoms with Crippen LogP contribution in [0.15, 0.2) is 53.4 Å². The molecule has 28 heavy (non-hydrogen) atoms. The van der Waals surface area contributed by atoms with E-state index >= 15 is 0 Å². The van der Waals surface area contributed by atoms with Crippen LogP contribution in [-0.4, -0.2) is 38.2 Å². The van der Waals surface area contributed by atoms with E-state index in [1.165, 1.54) is 13.0 Å². The number of nitrogens with one attached hydrogen (secondary N) is 3. The third-order valence-corrected chi connectivity index (χ3v) is 4.98. The number of sulfonamides is 1. The van der Waals surface area contributed by atoms with E-state index < -0.39 is 20.9 Å². The molecule has 0 aliphatic heterocycles. The molecule has 0 heterocycles. The van der Waals surface area contributed by atoms with Gasteiger partial charge in [0.1, 0.15) is 0 Å². The summed E-state index contributed by atoms with van der Waals surface area (Å²) in [4.78, 5) is 33.0. The van der Waals surface area contributed by atoms with Crippen molar-refractivity contribution in [2.75, 3.05) is 18.4 Å². The summed E-state index contributed by atoms with van der Waals surface area (Å²) in [5.41, 5.74) is 0.566. The topological polar surface area (TPSA) is 148 Å². The highest BCUT2D eigenvalue weighted by Crippen LogP contribution is 2.15. The first-order valence-electron chi connectivity index (χ1n) is 8.09. The van der Waals surface area contributed by atoms with Crippen LogP contribution in [0.1, 0.15) is 17.3 Å². The maximum atomic E-state index is 12.1. The predicted octanol–water partition coefficient (Wildman–Crippen LogP) is 1.26. The molecule has 148 valence electrons. The molecule has 0 spiro atoms. The van der Waals surface area contributed by atoms with Crippen LogP contribution in [0, 0.1) is 10.1 Å². The van der Waals surface area contributed by atoms with Gasteiger partial charge in [0.15, 0.2) is 0 Å². The number of non-ortho nitro benzene ring substituents is 1. The highest BCUT2D eigenvalue weighted by Gasteiger charge is 2.15. The maximum absolute atomic E-state index is 12.1. The summed E-state index contributed by atoms with van der Waals surface area (Å²) in [6, 6.07) is 10.8. The summed E-state index contributed by atoms with van der Waals surface area (Å²) in [7, 11) is -3.86. The summed E-state index contributed by atoms with van der Waals surface area (Å²) in [6.07, 6.45) is 0. The number of amides is 2. The molecule has 11 heteroatoms. The van der Waals surface area contributed by atoms with Crippen LogP contribution >= 0.6 is 0 Å². The molecule has 0 saturated carbocycles. The lowest BCUT2D eigenvalue weighted by molar-refractivity contribution is -0.384. The van der Waals surface area contributed by atoms with Gasteiger partial charge in [-0.05, 0) is 30.3 Å². The first kappa shape index (κ1) is 21.0. The number of hydrogen-bond donors (Lipinski definition) is 3. The van der Waals surface area contributed by atoms with Gasteiger partial charge in [0, 0.05) is 43.4 Å². The molecular weight excluding hydrogens is 388 g/mol. The molecular formula is C17H18N4O6S. The van der Waals surface area contributed by atoms with Crippen molar-refractivity contribution in [1.82, 2.24) is 10.0 Å². The van der Waals surface area contributed by atoms with Crippen molar-refractivity contribution in [2.24, 2.45) is 0 Å². The summed E-state index contributed by atoms with van der Waals surface area (Å²) < 4.78 is 26.6. The monoisotopic (exact) mass is 406 g/mol. The van der Waals surface area contributed by atoms with Gasteiger partial charge in [-0.3, -0.25) is 19.7 Å². The molecule has 0 aromatic heterocycles. The Morgan fingerprint density at radius 2 is 1.75 bits per heavy atom. The van der Waals surface area contributed by atoms with Gasteiger partial charge >= 0.3 is 0 Å². The smallest absolute Gasteiger partial charge is 0.269 e. The molecule has 0 aliphatic carbocycles. The Morgan fingerprint density at radius 3 is 2.36 bits per heavy atom. The standard InChI is InChI=1S/C17H18N4O6S/c1-12(22)20-14-4-2-3-13(11-14)17(23)18-9-10-19-28(26,27)16-7-5-15(6-8-16)21(24)25/h2-8,11,19H,9-10H2,1H3,(H,18,23)(H,20,22). The maximum Gasteiger partial charge on any atom is 0.269 e. The van der Waals surface area contributed by atoms with Gasteiger partial charge in [0.25, 0.3) is 11.6 Å². The van der Waals surface area contributed by atoms with Crippen LogP contribution in [0.4, 0.5) is 11.4 Å². The minimum atomic E-state index is -3.86. The second kappa shape index (κ2) is 9.06. The number of benzene rings is 2. The van der Waals surface area contributed by atoms with Gasteiger partial charge in [0.2, 0.25) is 15.9 Å². The van der Waals surface area contributed by atoms with Crippen LogP contribution < -0.4 is 15.4 Å². The minimum absolute atomic E-state index is 0.0232. The zero-order chi connectivity index (χ0) is 20.7. The Morgan fingerprint density at radius 1 is 1.07 bits per heavy atom. The predicted molar refractivity (Wildman–Crippen MR) is 101 cm³/mol. The SMILES string of the molecule is CC(=O)Nc1cccc(C(=O)NCCNS(=O)(=O)c2ccc([N+](=O)[O-])cc2)c1. The van der Waals surface area contributed by atoms with E-state index in [0.717, 1.165) is 24.3 Å². The molecule has 0 bridgehead atoms. The van der Waals surface area contributed by atoms with E-state index in [2.05, 4.69) is 15.4 Å². The number of carbonyl (C=O) groups excluding carboxylic acids is 2. The van der Waals surface area contributed by atoms with Crippen molar-refractivity contribution in [3.05, 3.63) is 64.2 Å². The first-order chi connectivity index (χ1) is 13.2. The Bertz CT molecular complexity index is 989. The van der Waals surface area contributed by atoms with Crippen LogP contribution in [0.2, 0.25) is 0 Å². The lowest BCUT2D eigenvalue weighted by Gasteiger charge is -2.09. The van der Waals surface area contributed by atoms with Crippen molar-refractivity contribution in [3.63, 3.8) is 0 Å². The molecule has 2 aromatic rings. The molecule has 2 rings (SSSR count). The first-order valence-corrected chi connectivity index (χ1v) is 9.57. The van der Waals surface area contributed by atoms with Gasteiger partial charge < -0.3 is 10.6 Å². The Balaban J connectivity index is 1.88. The lowest BCUT2D eigenvalue weighted by atomic mass is 10.2. The molecule has 0 unspecified atom stereocenters. The highest BCUT2D eigenvalue weighted by molar-refractivity contribution is 7.89. The molecule has 3 N–H and O–H groups in total. The van der Waals surface area contributed by atoms with Crippen LogP contribution in [0.25, 0.3) is 0 Å². The highest BCUT2D eigenvalue weighted by atomic mass is 32.2. The largest absolute Gasteiger partial charge is 0.351 e. The normalized spacial score (nSPS) is 10.9. The fourth-order valence-corrected chi connectivity index (χ4v) is 3.27. The number of nitro benzene ring substituents is 1. The van der Waals surface area contributed by atoms with Crippen molar-refractivity contribution < 1.29 is 22.9 Å². The average Bonchev–Trinajstić information content (AvgIpc) is 2.65. The number of nitrogens with zero attached hydrogens (tertiary/aromatic N) is 1. The second-order valence-corrected chi connectivity index (χ2v) is 7.43. The molecule has 0 radical (unpaired) electrons. The second-order valence-electron chi connectivity index (χ2n) is 5.67. The number of hydrogen-bond acceptors (Lipinski definition) is 6. The fraction of sp³-hybridized carbons (Fsp3) is 0.176. The van der Waals surface area contributed by atoms with Crippen molar-refractivity contribution in [1.29, 1.82) is 0 Å². The van der Waals surface area contributed by atoms with Crippen molar-refractivity contribution in [3.8, 4) is 0 Å². The third-order valence-electron chi connectivity index (χ3n) is 3.51. The number of rotatable bonds is 8. The van der Waals surface area contributed by atoms with Gasteiger partial charge in [0.05, 0.1) is 9.82 Å². The lowest BCUT2D eigenvalue weighted by Crippen LogP contribution is -2.34. The number of nitro groups is 1. The number of carbonyl (C=O) groups is 2. The van der Waals surface area contributed by atoms with Gasteiger partial charge in [-0.1, -0.05) is 6.07 Å². The molecule has 2 aromatic carbocycles. The summed E-state index contributed by atoms with van der Waals surface area (Å²) in [6.45, 7) is 1.30. The van der Waals surface area contributed by atoms with E-state index in [9.17, 15) is 28.1 Å². The Kier molecular flexibility index (Phi) is 6.79. The van der Waals surface area contributed by atoms with Gasteiger partial charge in [-0.2, -0.15) is 0 Å². The Labute approximate surface area is 161 Å². The molecule has 10 nitrogen and oxygen atoms in total. The molecule has 0 aliphatic rings. The van der Waals surface area contributed by atoms with Crippen molar-refractivity contribution in [2.45, 2.75) is 11.8 Å². The number of anilines is 1. The molecule has 2 amide bonds. The molecule has 0 saturated heterocycles. The van der Waals surface area contributed by atoms with Gasteiger partial charge in [-0.15, -0.1) is 0 Å². The van der Waals surface area contributed by atoms with E-state index in [1.807, 2.05) is 0 Å². The van der Waals surface area contributed by atoms with Crippen LogP contribution in [0.3, 0.4) is 0 Å². The fourth-order valence-electron chi connectivity index (χ4n) is 2.24. The van der Waals surface area contributed by atoms with E-state index in [-0.39, 0.29) is 29.6 Å². The quantitative estimate of drug-likeness (QED) is 0.341. The van der Waals surface area contributed by atoms with Crippen LogP contribution in [-0.2, 0) is 14.8 Å². The third kappa shape index (κ3) is 5.86. The zero-order valence-corrected chi connectivity index (χ0v) is 15.7. The Hall–Kier alpha value is -3.31.